The minimum atomic E-state index is -4.55. The zero-order chi connectivity index (χ0) is 19.9. The maximum atomic E-state index is 12.8. The fourth-order valence-electron chi connectivity index (χ4n) is 2.81. The minimum absolute atomic E-state index is 0.0264. The van der Waals surface area contributed by atoms with Crippen LogP contribution in [0.4, 0.5) is 18.9 Å². The predicted molar refractivity (Wildman–Crippen MR) is 98.7 cm³/mol. The third-order valence-corrected chi connectivity index (χ3v) is 7.48. The molecule has 148 valence electrons. The predicted octanol–water partition coefficient (Wildman–Crippen LogP) is 5.49. The molecule has 10 heteroatoms. The van der Waals surface area contributed by atoms with Crippen LogP contribution in [0.15, 0.2) is 51.2 Å². The summed E-state index contributed by atoms with van der Waals surface area (Å²) in [5.74, 6) is 1.45. The fourth-order valence-corrected chi connectivity index (χ4v) is 5.11. The number of rotatable bonds is 5. The summed E-state index contributed by atoms with van der Waals surface area (Å²) in [4.78, 5) is 4.84. The highest BCUT2D eigenvalue weighted by molar-refractivity contribution is 7.94. The number of benzene rings is 1. The third kappa shape index (κ3) is 3.79. The van der Waals surface area contributed by atoms with E-state index in [9.17, 15) is 21.6 Å². The molecule has 0 saturated heterocycles. The Labute approximate surface area is 163 Å². The highest BCUT2D eigenvalue weighted by atomic mass is 32.2. The van der Waals surface area contributed by atoms with Gasteiger partial charge in [0.05, 0.1) is 16.6 Å². The molecule has 2 aromatic heterocycles. The minimum Gasteiger partial charge on any atom is -0.440 e. The van der Waals surface area contributed by atoms with Crippen molar-refractivity contribution < 1.29 is 26.0 Å². The van der Waals surface area contributed by atoms with Gasteiger partial charge in [0.2, 0.25) is 0 Å². The number of oxazole rings is 1. The van der Waals surface area contributed by atoms with E-state index in [-0.39, 0.29) is 9.90 Å². The van der Waals surface area contributed by atoms with Gasteiger partial charge in [0.25, 0.3) is 10.0 Å². The lowest BCUT2D eigenvalue weighted by molar-refractivity contribution is -0.137. The highest BCUT2D eigenvalue weighted by Gasteiger charge is 2.31. The summed E-state index contributed by atoms with van der Waals surface area (Å²) in [7, 11) is -4.03. The van der Waals surface area contributed by atoms with Crippen LogP contribution < -0.4 is 4.72 Å². The van der Waals surface area contributed by atoms with Gasteiger partial charge in [0.1, 0.15) is 4.21 Å². The number of halogens is 3. The lowest BCUT2D eigenvalue weighted by Crippen LogP contribution is -2.12. The van der Waals surface area contributed by atoms with Crippen molar-refractivity contribution >= 4 is 27.0 Å². The maximum Gasteiger partial charge on any atom is 0.416 e. The van der Waals surface area contributed by atoms with Crippen LogP contribution in [-0.2, 0) is 16.2 Å². The molecule has 4 rings (SSSR count). The second kappa shape index (κ2) is 6.93. The molecule has 1 N–H and O–H groups in total. The van der Waals surface area contributed by atoms with Crippen molar-refractivity contribution in [2.75, 3.05) is 4.72 Å². The number of nitrogens with one attached hydrogen (secondary N) is 1. The molecule has 1 saturated carbocycles. The summed E-state index contributed by atoms with van der Waals surface area (Å²) in [5.41, 5.74) is -1.08. The quantitative estimate of drug-likeness (QED) is 0.583. The largest absolute Gasteiger partial charge is 0.440 e. The Morgan fingerprint density at radius 3 is 2.64 bits per heavy atom. The maximum absolute atomic E-state index is 12.8. The van der Waals surface area contributed by atoms with Crippen molar-refractivity contribution in [3.8, 4) is 10.6 Å². The molecular weight excluding hydrogens is 413 g/mol. The van der Waals surface area contributed by atoms with E-state index in [1.54, 1.807) is 12.3 Å². The van der Waals surface area contributed by atoms with Crippen LogP contribution in [0.3, 0.4) is 0 Å². The Morgan fingerprint density at radius 2 is 1.96 bits per heavy atom. The van der Waals surface area contributed by atoms with E-state index in [0.717, 1.165) is 48.8 Å². The first-order chi connectivity index (χ1) is 13.2. The van der Waals surface area contributed by atoms with Gasteiger partial charge in [-0.25, -0.2) is 13.4 Å². The average molecular weight is 428 g/mol. The number of aromatic nitrogens is 1. The molecule has 0 amide bonds. The summed E-state index contributed by atoms with van der Waals surface area (Å²) < 4.78 is 71.4. The number of hydrogen-bond acceptors (Lipinski definition) is 5. The lowest BCUT2D eigenvalue weighted by Gasteiger charge is -2.21. The topological polar surface area (TPSA) is 72.2 Å². The van der Waals surface area contributed by atoms with Gasteiger partial charge in [-0.05, 0) is 43.2 Å². The van der Waals surface area contributed by atoms with Gasteiger partial charge in [0, 0.05) is 11.6 Å². The molecule has 0 radical (unpaired) electrons. The molecule has 5 nitrogen and oxygen atoms in total. The SMILES string of the molecule is O=S(=O)(Nc1cccc(C(F)(F)F)c1)c1ccc(-c2cnc(C3CCC3)o2)s1. The zero-order valence-corrected chi connectivity index (χ0v) is 16.0. The fraction of sp³-hybridized carbons (Fsp3) is 0.278. The van der Waals surface area contributed by atoms with E-state index >= 15 is 0 Å². The van der Waals surface area contributed by atoms with Gasteiger partial charge in [-0.2, -0.15) is 13.2 Å². The molecule has 0 spiro atoms. The Morgan fingerprint density at radius 1 is 1.18 bits per heavy atom. The second-order valence-corrected chi connectivity index (χ2v) is 9.49. The summed E-state index contributed by atoms with van der Waals surface area (Å²) in [5, 5.41) is 0. The first-order valence-electron chi connectivity index (χ1n) is 8.48. The molecule has 1 aromatic carbocycles. The molecule has 1 aliphatic carbocycles. The van der Waals surface area contributed by atoms with Crippen molar-refractivity contribution in [1.82, 2.24) is 4.98 Å². The van der Waals surface area contributed by atoms with Gasteiger partial charge in [-0.3, -0.25) is 4.72 Å². The number of thiophene rings is 1. The standard InChI is InChI=1S/C18H15F3N2O3S2/c19-18(20,21)12-5-2-6-13(9-12)23-28(24,25)16-8-7-15(27-16)14-10-22-17(26-14)11-3-1-4-11/h2,5-11,23H,1,3-4H2. The van der Waals surface area contributed by atoms with Gasteiger partial charge < -0.3 is 4.42 Å². The molecule has 1 fully saturated rings. The van der Waals surface area contributed by atoms with Crippen molar-refractivity contribution in [3.63, 3.8) is 0 Å². The summed E-state index contributed by atoms with van der Waals surface area (Å²) in [6.07, 6.45) is 0.221. The second-order valence-electron chi connectivity index (χ2n) is 6.49. The molecule has 2 heterocycles. The van der Waals surface area contributed by atoms with Gasteiger partial charge in [0.15, 0.2) is 11.7 Å². The first-order valence-corrected chi connectivity index (χ1v) is 10.8. The van der Waals surface area contributed by atoms with E-state index in [2.05, 4.69) is 9.71 Å². The zero-order valence-electron chi connectivity index (χ0n) is 14.4. The van der Waals surface area contributed by atoms with Crippen LogP contribution in [0.5, 0.6) is 0 Å². The highest BCUT2D eigenvalue weighted by Crippen LogP contribution is 2.39. The molecule has 1 aliphatic rings. The first kappa shape index (κ1) is 19.0. The Hall–Kier alpha value is -2.33. The number of nitrogens with zero attached hydrogens (tertiary/aromatic N) is 1. The summed E-state index contributed by atoms with van der Waals surface area (Å²) in [6, 6.07) is 7.04. The van der Waals surface area contributed by atoms with E-state index < -0.39 is 21.8 Å². The molecule has 0 atom stereocenters. The third-order valence-electron chi connectivity index (χ3n) is 4.51. The van der Waals surface area contributed by atoms with E-state index in [4.69, 9.17) is 4.42 Å². The normalized spacial score (nSPS) is 15.4. The molecule has 0 unspecified atom stereocenters. The van der Waals surface area contributed by atoms with E-state index in [1.807, 2.05) is 0 Å². The van der Waals surface area contributed by atoms with Crippen molar-refractivity contribution in [3.05, 3.63) is 54.0 Å². The number of sulfonamides is 1. The number of alkyl halides is 3. The van der Waals surface area contributed by atoms with Crippen LogP contribution in [-0.4, -0.2) is 13.4 Å². The van der Waals surface area contributed by atoms with Crippen LogP contribution in [0.1, 0.15) is 36.6 Å². The van der Waals surface area contributed by atoms with Gasteiger partial charge in [-0.15, -0.1) is 11.3 Å². The van der Waals surface area contributed by atoms with Crippen LogP contribution >= 0.6 is 11.3 Å². The van der Waals surface area contributed by atoms with Crippen molar-refractivity contribution in [1.29, 1.82) is 0 Å². The van der Waals surface area contributed by atoms with E-state index in [1.165, 1.54) is 12.1 Å². The van der Waals surface area contributed by atoms with Crippen molar-refractivity contribution in [2.24, 2.45) is 0 Å². The molecule has 3 aromatic rings. The van der Waals surface area contributed by atoms with Crippen molar-refractivity contribution in [2.45, 2.75) is 35.6 Å². The molecular formula is C18H15F3N2O3S2. The summed E-state index contributed by atoms with van der Waals surface area (Å²) >= 11 is 0.966. The van der Waals surface area contributed by atoms with E-state index in [0.29, 0.717) is 22.4 Å². The Kier molecular flexibility index (Phi) is 4.70. The van der Waals surface area contributed by atoms with Gasteiger partial charge >= 0.3 is 6.18 Å². The molecule has 28 heavy (non-hydrogen) atoms. The Balaban J connectivity index is 1.55. The number of anilines is 1. The smallest absolute Gasteiger partial charge is 0.416 e. The molecule has 0 bridgehead atoms. The van der Waals surface area contributed by atoms with Crippen LogP contribution in [0.2, 0.25) is 0 Å². The molecule has 0 aliphatic heterocycles. The summed E-state index contributed by atoms with van der Waals surface area (Å²) in [6.45, 7) is 0. The average Bonchev–Trinajstić information content (AvgIpc) is 3.21. The lowest BCUT2D eigenvalue weighted by atomic mass is 9.85. The van der Waals surface area contributed by atoms with Crippen LogP contribution in [0.25, 0.3) is 10.6 Å². The van der Waals surface area contributed by atoms with Gasteiger partial charge in [-0.1, -0.05) is 12.5 Å². The Bertz CT molecular complexity index is 1100. The van der Waals surface area contributed by atoms with Crippen LogP contribution in [0, 0.1) is 0 Å². The number of hydrogen-bond donors (Lipinski definition) is 1. The monoisotopic (exact) mass is 428 g/mol.